The van der Waals surface area contributed by atoms with E-state index >= 15 is 0 Å². The highest BCUT2D eigenvalue weighted by atomic mass is 16.5. The molecular formula is C12H23N5O. The zero-order chi connectivity index (χ0) is 13.7. The predicted octanol–water partition coefficient (Wildman–Crippen LogP) is 1.64. The van der Waals surface area contributed by atoms with Crippen molar-refractivity contribution >= 4 is 11.6 Å². The van der Waals surface area contributed by atoms with Gasteiger partial charge in [0, 0.05) is 12.6 Å². The number of hydrogen-bond acceptors (Lipinski definition) is 6. The third-order valence-corrected chi connectivity index (χ3v) is 2.58. The number of nitrogen functional groups attached to an aromatic ring is 1. The van der Waals surface area contributed by atoms with Gasteiger partial charge in [-0.2, -0.15) is 0 Å². The lowest BCUT2D eigenvalue weighted by Gasteiger charge is -2.30. The number of anilines is 2. The van der Waals surface area contributed by atoms with Gasteiger partial charge < -0.3 is 15.1 Å². The summed E-state index contributed by atoms with van der Waals surface area (Å²) in [4.78, 5) is 10.6. The van der Waals surface area contributed by atoms with E-state index in [1.54, 1.807) is 7.11 Å². The van der Waals surface area contributed by atoms with E-state index in [2.05, 4.69) is 48.0 Å². The van der Waals surface area contributed by atoms with Gasteiger partial charge in [0.25, 0.3) is 0 Å². The van der Waals surface area contributed by atoms with E-state index < -0.39 is 0 Å². The van der Waals surface area contributed by atoms with Crippen molar-refractivity contribution in [2.24, 2.45) is 11.8 Å². The van der Waals surface area contributed by atoms with Gasteiger partial charge in [-0.1, -0.05) is 13.8 Å². The molecule has 0 radical (unpaired) electrons. The van der Waals surface area contributed by atoms with Crippen LogP contribution in [0, 0.1) is 5.92 Å². The second-order valence-electron chi connectivity index (χ2n) is 4.86. The van der Waals surface area contributed by atoms with Crippen molar-refractivity contribution in [2.45, 2.75) is 33.7 Å². The third kappa shape index (κ3) is 3.22. The molecule has 0 saturated carbocycles. The second kappa shape index (κ2) is 6.39. The molecule has 0 spiro atoms. The molecule has 1 aromatic heterocycles. The van der Waals surface area contributed by atoms with Gasteiger partial charge >= 0.3 is 0 Å². The Hall–Kier alpha value is -1.56. The van der Waals surface area contributed by atoms with Crippen LogP contribution in [0.15, 0.2) is 6.33 Å². The smallest absolute Gasteiger partial charge is 0.205 e. The van der Waals surface area contributed by atoms with Crippen LogP contribution in [0.2, 0.25) is 0 Å². The summed E-state index contributed by atoms with van der Waals surface area (Å²) in [5, 5.41) is 0. The van der Waals surface area contributed by atoms with Gasteiger partial charge in [0.1, 0.15) is 6.33 Å². The first-order chi connectivity index (χ1) is 8.51. The fourth-order valence-corrected chi connectivity index (χ4v) is 1.80. The van der Waals surface area contributed by atoms with E-state index in [-0.39, 0.29) is 0 Å². The highest BCUT2D eigenvalue weighted by Crippen LogP contribution is 2.32. The van der Waals surface area contributed by atoms with Crippen molar-refractivity contribution in [1.29, 1.82) is 0 Å². The summed E-state index contributed by atoms with van der Waals surface area (Å²) in [7, 11) is 1.59. The number of aromatic nitrogens is 2. The molecule has 1 heterocycles. The molecule has 0 aliphatic heterocycles. The van der Waals surface area contributed by atoms with Crippen molar-refractivity contribution in [3.05, 3.63) is 6.33 Å². The Morgan fingerprint density at radius 1 is 1.33 bits per heavy atom. The molecule has 0 aliphatic carbocycles. The molecule has 0 aromatic carbocycles. The summed E-state index contributed by atoms with van der Waals surface area (Å²) in [6.07, 6.45) is 1.49. The summed E-state index contributed by atoms with van der Waals surface area (Å²) in [5.74, 6) is 7.81. The molecular weight excluding hydrogens is 230 g/mol. The van der Waals surface area contributed by atoms with E-state index in [0.717, 1.165) is 12.4 Å². The minimum absolute atomic E-state index is 0.321. The van der Waals surface area contributed by atoms with Crippen LogP contribution in [0.3, 0.4) is 0 Å². The Morgan fingerprint density at radius 2 is 2.00 bits per heavy atom. The zero-order valence-electron chi connectivity index (χ0n) is 11.8. The minimum Gasteiger partial charge on any atom is -0.490 e. The molecule has 0 amide bonds. The van der Waals surface area contributed by atoms with E-state index in [9.17, 15) is 0 Å². The number of hydrazine groups is 1. The first-order valence-electron chi connectivity index (χ1n) is 6.13. The Labute approximate surface area is 109 Å². The molecule has 0 bridgehead atoms. The minimum atomic E-state index is 0.321. The van der Waals surface area contributed by atoms with Crippen LogP contribution in [0.25, 0.3) is 0 Å². The van der Waals surface area contributed by atoms with Crippen molar-refractivity contribution in [3.8, 4) is 5.75 Å². The molecule has 6 heteroatoms. The number of nitrogens with zero attached hydrogens (tertiary/aromatic N) is 3. The van der Waals surface area contributed by atoms with Gasteiger partial charge in [-0.25, -0.2) is 15.8 Å². The van der Waals surface area contributed by atoms with Gasteiger partial charge in [0.15, 0.2) is 11.6 Å². The van der Waals surface area contributed by atoms with Crippen molar-refractivity contribution in [3.63, 3.8) is 0 Å². The molecule has 0 aliphatic rings. The monoisotopic (exact) mass is 253 g/mol. The van der Waals surface area contributed by atoms with Gasteiger partial charge in [-0.15, -0.1) is 0 Å². The molecule has 3 N–H and O–H groups in total. The topological polar surface area (TPSA) is 76.3 Å². The number of ether oxygens (including phenoxy) is 1. The third-order valence-electron chi connectivity index (χ3n) is 2.58. The summed E-state index contributed by atoms with van der Waals surface area (Å²) < 4.78 is 5.37. The molecule has 102 valence electrons. The van der Waals surface area contributed by atoms with Crippen LogP contribution in [0.1, 0.15) is 27.7 Å². The van der Waals surface area contributed by atoms with Crippen LogP contribution in [0.4, 0.5) is 11.6 Å². The van der Waals surface area contributed by atoms with E-state index in [0.29, 0.717) is 23.5 Å². The maximum absolute atomic E-state index is 5.43. The molecule has 0 atom stereocenters. The Kier molecular flexibility index (Phi) is 5.15. The molecule has 0 unspecified atom stereocenters. The van der Waals surface area contributed by atoms with E-state index in [1.807, 2.05) is 0 Å². The van der Waals surface area contributed by atoms with Gasteiger partial charge in [0.05, 0.1) is 7.11 Å². The summed E-state index contributed by atoms with van der Waals surface area (Å²) in [6, 6.07) is 0.321. The van der Waals surface area contributed by atoms with Crippen LogP contribution in [-0.2, 0) is 0 Å². The quantitative estimate of drug-likeness (QED) is 0.593. The van der Waals surface area contributed by atoms with Gasteiger partial charge in [0.2, 0.25) is 5.75 Å². The van der Waals surface area contributed by atoms with Crippen molar-refractivity contribution in [1.82, 2.24) is 9.97 Å². The van der Waals surface area contributed by atoms with Crippen LogP contribution >= 0.6 is 0 Å². The Bertz CT molecular complexity index is 381. The summed E-state index contributed by atoms with van der Waals surface area (Å²) in [6.45, 7) is 9.49. The van der Waals surface area contributed by atoms with Crippen LogP contribution in [-0.4, -0.2) is 29.7 Å². The Morgan fingerprint density at radius 3 is 2.44 bits per heavy atom. The number of nitrogens with two attached hydrogens (primary N) is 1. The maximum Gasteiger partial charge on any atom is 0.205 e. The summed E-state index contributed by atoms with van der Waals surface area (Å²) in [5.41, 5.74) is 2.53. The van der Waals surface area contributed by atoms with Gasteiger partial charge in [-0.3, -0.25) is 0 Å². The largest absolute Gasteiger partial charge is 0.490 e. The molecule has 18 heavy (non-hydrogen) atoms. The second-order valence-corrected chi connectivity index (χ2v) is 4.86. The summed E-state index contributed by atoms with van der Waals surface area (Å²) >= 11 is 0. The molecule has 1 aromatic rings. The standard InChI is InChI=1S/C12H23N5O/c1-8(2)6-17(9(3)4)12-10(18-5)11(16-13)14-7-15-12/h7-9H,6,13H2,1-5H3,(H,14,15,16). The normalized spacial score (nSPS) is 10.9. The number of nitrogens with one attached hydrogen (secondary N) is 1. The number of hydrogen-bond donors (Lipinski definition) is 2. The highest BCUT2D eigenvalue weighted by Gasteiger charge is 2.20. The number of methoxy groups -OCH3 is 1. The average molecular weight is 253 g/mol. The SMILES string of the molecule is COc1c(NN)ncnc1N(CC(C)C)C(C)C. The maximum atomic E-state index is 5.43. The molecule has 6 nitrogen and oxygen atoms in total. The molecule has 0 fully saturated rings. The lowest BCUT2D eigenvalue weighted by molar-refractivity contribution is 0.409. The lowest BCUT2D eigenvalue weighted by Crippen LogP contribution is -2.35. The van der Waals surface area contributed by atoms with Crippen LogP contribution in [0.5, 0.6) is 5.75 Å². The highest BCUT2D eigenvalue weighted by molar-refractivity contribution is 5.64. The number of rotatable bonds is 6. The fourth-order valence-electron chi connectivity index (χ4n) is 1.80. The predicted molar refractivity (Wildman–Crippen MR) is 73.7 cm³/mol. The molecule has 0 saturated heterocycles. The zero-order valence-corrected chi connectivity index (χ0v) is 11.8. The molecule has 1 rings (SSSR count). The van der Waals surface area contributed by atoms with Crippen molar-refractivity contribution in [2.75, 3.05) is 24.0 Å². The first kappa shape index (κ1) is 14.5. The first-order valence-corrected chi connectivity index (χ1v) is 6.13. The van der Waals surface area contributed by atoms with Crippen LogP contribution < -0.4 is 20.9 Å². The van der Waals surface area contributed by atoms with Gasteiger partial charge in [-0.05, 0) is 19.8 Å². The Balaban J connectivity index is 3.18. The van der Waals surface area contributed by atoms with Crippen molar-refractivity contribution < 1.29 is 4.74 Å². The van der Waals surface area contributed by atoms with E-state index in [4.69, 9.17) is 10.6 Å². The lowest BCUT2D eigenvalue weighted by atomic mass is 10.1. The average Bonchev–Trinajstić information content (AvgIpc) is 2.34. The fraction of sp³-hybridized carbons (Fsp3) is 0.667. The van der Waals surface area contributed by atoms with E-state index in [1.165, 1.54) is 6.33 Å².